The summed E-state index contributed by atoms with van der Waals surface area (Å²) in [6, 6.07) is 6.87. The minimum absolute atomic E-state index is 0.0331. The van der Waals surface area contributed by atoms with Crippen molar-refractivity contribution in [2.75, 3.05) is 19.2 Å². The van der Waals surface area contributed by atoms with Gasteiger partial charge in [0.1, 0.15) is 17.6 Å². The summed E-state index contributed by atoms with van der Waals surface area (Å²) in [6.45, 7) is 0. The number of methoxy groups -OCH3 is 2. The molecular weight excluding hydrogens is 480 g/mol. The third-order valence-corrected chi connectivity index (χ3v) is 2.97. The van der Waals surface area contributed by atoms with Gasteiger partial charge in [-0.3, -0.25) is 0 Å². The lowest BCUT2D eigenvalue weighted by molar-refractivity contribution is -0.141. The average Bonchev–Trinajstić information content (AvgIpc) is 2.67. The summed E-state index contributed by atoms with van der Waals surface area (Å²) in [4.78, 5) is 20.7. The van der Waals surface area contributed by atoms with Crippen molar-refractivity contribution >= 4 is 34.1 Å². The first kappa shape index (κ1) is 22.7. The van der Waals surface area contributed by atoms with Crippen molar-refractivity contribution in [1.82, 2.24) is 9.97 Å². The smallest absolute Gasteiger partial charge is 0.433 e. The van der Waals surface area contributed by atoms with Crippen molar-refractivity contribution in [3.05, 3.63) is 54.2 Å². The number of aromatic nitrogens is 2. The number of halogens is 4. The highest BCUT2D eigenvalue weighted by molar-refractivity contribution is 14.1. The monoisotopic (exact) mass is 496 g/mol. The van der Waals surface area contributed by atoms with Crippen molar-refractivity contribution in [1.29, 1.82) is 0 Å². The van der Waals surface area contributed by atoms with Gasteiger partial charge in [-0.15, -0.1) is 0 Å². The number of rotatable bonds is 5. The van der Waals surface area contributed by atoms with Gasteiger partial charge in [-0.1, -0.05) is 40.8 Å². The highest BCUT2D eigenvalue weighted by Gasteiger charge is 2.33. The number of carbonyl (C=O) groups excluding carboxylic acids is 1. The number of hydrogen-bond donors (Lipinski definition) is 0. The van der Waals surface area contributed by atoms with Crippen LogP contribution in [0.1, 0.15) is 11.3 Å². The Morgan fingerprint density at radius 2 is 1.81 bits per heavy atom. The van der Waals surface area contributed by atoms with Crippen LogP contribution < -0.4 is 4.74 Å². The van der Waals surface area contributed by atoms with Gasteiger partial charge in [-0.2, -0.15) is 13.2 Å². The molecule has 0 spiro atoms. The quantitative estimate of drug-likeness (QED) is 0.200. The van der Waals surface area contributed by atoms with E-state index in [9.17, 15) is 18.0 Å². The molecule has 146 valence electrons. The van der Waals surface area contributed by atoms with Crippen LogP contribution in [-0.4, -0.2) is 35.1 Å². The lowest BCUT2D eigenvalue weighted by Crippen LogP contribution is -2.09. The van der Waals surface area contributed by atoms with Crippen LogP contribution in [0.15, 0.2) is 42.9 Å². The molecule has 0 unspecified atom stereocenters. The number of hydrogen-bond acceptors (Lipinski definition) is 6. The number of carbonyl (C=O) groups is 1. The van der Waals surface area contributed by atoms with Crippen LogP contribution in [0.5, 0.6) is 11.6 Å². The van der Waals surface area contributed by atoms with E-state index >= 15 is 0 Å². The van der Waals surface area contributed by atoms with Crippen molar-refractivity contribution < 1.29 is 32.2 Å². The number of benzene rings is 1. The first-order valence-electron chi connectivity index (χ1n) is 7.22. The normalized spacial score (nSPS) is 11.1. The third kappa shape index (κ3) is 6.38. The summed E-state index contributed by atoms with van der Waals surface area (Å²) < 4.78 is 53.1. The average molecular weight is 496 g/mol. The summed E-state index contributed by atoms with van der Waals surface area (Å²) in [6.07, 6.45) is -2.74. The van der Waals surface area contributed by atoms with Crippen molar-refractivity contribution in [3.63, 3.8) is 0 Å². The molecular formula is C17H16F3IN2O4. The molecule has 1 heterocycles. The zero-order valence-corrected chi connectivity index (χ0v) is 16.7. The highest BCUT2D eigenvalue weighted by Crippen LogP contribution is 2.33. The van der Waals surface area contributed by atoms with Crippen LogP contribution in [0.3, 0.4) is 0 Å². The Balaban J connectivity index is 0.00000176. The predicted octanol–water partition coefficient (Wildman–Crippen LogP) is 4.50. The molecule has 0 aliphatic heterocycles. The predicted molar refractivity (Wildman–Crippen MR) is 100 cm³/mol. The number of esters is 1. The molecule has 0 atom stereocenters. The molecule has 0 N–H and O–H groups in total. The van der Waals surface area contributed by atoms with E-state index in [1.54, 1.807) is 12.1 Å². The van der Waals surface area contributed by atoms with Gasteiger partial charge >= 0.3 is 12.1 Å². The molecule has 0 saturated carbocycles. The number of ether oxygens (including phenoxy) is 3. The summed E-state index contributed by atoms with van der Waals surface area (Å²) in [7, 11) is 2.53. The number of para-hydroxylation sites is 1. The second-order valence-corrected chi connectivity index (χ2v) is 4.60. The summed E-state index contributed by atoms with van der Waals surface area (Å²) >= 11 is 2.15. The molecule has 0 bridgehead atoms. The summed E-state index contributed by atoms with van der Waals surface area (Å²) in [5, 5.41) is 0. The van der Waals surface area contributed by atoms with E-state index in [2.05, 4.69) is 37.3 Å². The summed E-state index contributed by atoms with van der Waals surface area (Å²) in [5.41, 5.74) is -0.843. The first-order chi connectivity index (χ1) is 12.9. The lowest BCUT2D eigenvalue weighted by Gasteiger charge is -2.12. The molecule has 0 amide bonds. The Kier molecular flexibility index (Phi) is 8.98. The van der Waals surface area contributed by atoms with Crippen LogP contribution in [0.25, 0.3) is 5.57 Å². The van der Waals surface area contributed by atoms with Gasteiger partial charge in [0.2, 0.25) is 5.88 Å². The fourth-order valence-corrected chi connectivity index (χ4v) is 1.89. The number of nitrogens with zero attached hydrogens (tertiary/aromatic N) is 2. The number of alkyl halides is 4. The topological polar surface area (TPSA) is 70.5 Å². The van der Waals surface area contributed by atoms with Crippen molar-refractivity contribution in [2.24, 2.45) is 0 Å². The molecule has 2 rings (SSSR count). The SMILES string of the molecule is CI.CO/C=C(/C(=O)OC)c1ccccc1Oc1cc(C(F)(F)F)ncn1. The minimum atomic E-state index is -4.63. The van der Waals surface area contributed by atoms with Crippen LogP contribution in [0.4, 0.5) is 13.2 Å². The molecule has 1 aromatic carbocycles. The highest BCUT2D eigenvalue weighted by atomic mass is 127. The molecule has 0 aliphatic carbocycles. The van der Waals surface area contributed by atoms with Gasteiger partial charge in [-0.25, -0.2) is 14.8 Å². The van der Waals surface area contributed by atoms with E-state index in [-0.39, 0.29) is 22.8 Å². The Morgan fingerprint density at radius 1 is 1.15 bits per heavy atom. The van der Waals surface area contributed by atoms with Gasteiger partial charge in [0, 0.05) is 11.6 Å². The molecule has 2 aromatic rings. The Morgan fingerprint density at radius 3 is 2.41 bits per heavy atom. The van der Waals surface area contributed by atoms with E-state index in [4.69, 9.17) is 9.47 Å². The van der Waals surface area contributed by atoms with Gasteiger partial charge in [0.25, 0.3) is 0 Å². The standard InChI is InChI=1S/C16H13F3N2O4.CH3I/c1-23-8-11(15(22)24-2)10-5-3-4-6-12(10)25-14-7-13(16(17,18)19)20-9-21-14;1-2/h3-9H,1-2H3;1H3/b11-8+;. The van der Waals surface area contributed by atoms with Gasteiger partial charge < -0.3 is 14.2 Å². The molecule has 0 fully saturated rings. The second-order valence-electron chi connectivity index (χ2n) is 4.60. The van der Waals surface area contributed by atoms with Crippen LogP contribution in [-0.2, 0) is 20.4 Å². The molecule has 0 aliphatic rings. The van der Waals surface area contributed by atoms with Gasteiger partial charge in [-0.05, 0) is 11.0 Å². The molecule has 6 nitrogen and oxygen atoms in total. The van der Waals surface area contributed by atoms with Gasteiger partial charge in [0.15, 0.2) is 5.69 Å². The molecule has 27 heavy (non-hydrogen) atoms. The zero-order chi connectivity index (χ0) is 20.4. The van der Waals surface area contributed by atoms with Crippen LogP contribution in [0.2, 0.25) is 0 Å². The first-order valence-corrected chi connectivity index (χ1v) is 9.38. The fourth-order valence-electron chi connectivity index (χ4n) is 1.89. The maximum atomic E-state index is 12.7. The van der Waals surface area contributed by atoms with E-state index in [1.807, 2.05) is 4.93 Å². The van der Waals surface area contributed by atoms with Crippen molar-refractivity contribution in [3.8, 4) is 11.6 Å². The fraction of sp³-hybridized carbons (Fsp3) is 0.235. The Hall–Kier alpha value is -2.37. The maximum Gasteiger partial charge on any atom is 0.433 e. The lowest BCUT2D eigenvalue weighted by atomic mass is 10.1. The zero-order valence-electron chi connectivity index (χ0n) is 14.6. The Labute approximate surface area is 167 Å². The van der Waals surface area contributed by atoms with Crippen molar-refractivity contribution in [2.45, 2.75) is 6.18 Å². The Bertz CT molecular complexity index is 798. The molecule has 10 heteroatoms. The van der Waals surface area contributed by atoms with Gasteiger partial charge in [0.05, 0.1) is 20.5 Å². The molecule has 0 radical (unpaired) electrons. The summed E-state index contributed by atoms with van der Waals surface area (Å²) in [5.74, 6) is -0.920. The van der Waals surface area contributed by atoms with Crippen LogP contribution >= 0.6 is 22.6 Å². The van der Waals surface area contributed by atoms with E-state index in [1.165, 1.54) is 26.4 Å². The molecule has 0 saturated heterocycles. The second kappa shape index (κ2) is 10.7. The largest absolute Gasteiger partial charge is 0.503 e. The minimum Gasteiger partial charge on any atom is -0.503 e. The van der Waals surface area contributed by atoms with E-state index in [0.29, 0.717) is 6.07 Å². The third-order valence-electron chi connectivity index (χ3n) is 2.97. The van der Waals surface area contributed by atoms with E-state index < -0.39 is 17.8 Å². The molecule has 1 aromatic heterocycles. The van der Waals surface area contributed by atoms with E-state index in [0.717, 1.165) is 12.6 Å². The maximum absolute atomic E-state index is 12.7. The van der Waals surface area contributed by atoms with Crippen LogP contribution in [0, 0.1) is 0 Å².